The summed E-state index contributed by atoms with van der Waals surface area (Å²) in [6.07, 6.45) is -0.0232. The predicted molar refractivity (Wildman–Crippen MR) is 131 cm³/mol. The Labute approximate surface area is 203 Å². The maximum absolute atomic E-state index is 13.9. The first-order chi connectivity index (χ1) is 16.7. The normalized spacial score (nSPS) is 17.2. The smallest absolute Gasteiger partial charge is 0.300 e. The Kier molecular flexibility index (Phi) is 6.60. The average Bonchev–Trinajstić information content (AvgIpc) is 3.11. The van der Waals surface area contributed by atoms with Crippen molar-refractivity contribution in [1.82, 2.24) is 0 Å². The molecule has 7 heteroatoms. The van der Waals surface area contributed by atoms with Gasteiger partial charge in [0.15, 0.2) is 0 Å². The Bertz CT molecular complexity index is 1310. The van der Waals surface area contributed by atoms with Crippen LogP contribution in [0.15, 0.2) is 72.3 Å². The van der Waals surface area contributed by atoms with Crippen molar-refractivity contribution in [3.8, 4) is 11.5 Å². The highest BCUT2D eigenvalue weighted by Gasteiger charge is 2.47. The molecule has 0 radical (unpaired) electrons. The van der Waals surface area contributed by atoms with Gasteiger partial charge in [-0.1, -0.05) is 18.2 Å². The number of ether oxygens (including phenoxy) is 2. The van der Waals surface area contributed by atoms with E-state index in [1.807, 2.05) is 13.8 Å². The minimum absolute atomic E-state index is 0.0232. The first-order valence-corrected chi connectivity index (χ1v) is 11.2. The number of halogens is 1. The number of amides is 1. The van der Waals surface area contributed by atoms with Gasteiger partial charge in [-0.25, -0.2) is 4.39 Å². The van der Waals surface area contributed by atoms with Crippen molar-refractivity contribution < 1.29 is 28.6 Å². The van der Waals surface area contributed by atoms with E-state index in [-0.39, 0.29) is 23.0 Å². The van der Waals surface area contributed by atoms with E-state index in [2.05, 4.69) is 0 Å². The van der Waals surface area contributed by atoms with Gasteiger partial charge in [-0.3, -0.25) is 14.5 Å². The molecule has 1 N–H and O–H groups in total. The summed E-state index contributed by atoms with van der Waals surface area (Å²) in [4.78, 5) is 27.9. The van der Waals surface area contributed by atoms with Crippen LogP contribution in [-0.2, 0) is 9.59 Å². The fraction of sp³-hybridized carbons (Fsp3) is 0.214. The fourth-order valence-electron chi connectivity index (χ4n) is 4.12. The molecule has 3 aromatic carbocycles. The van der Waals surface area contributed by atoms with Crippen LogP contribution in [0, 0.1) is 12.7 Å². The van der Waals surface area contributed by atoms with Crippen LogP contribution in [0.4, 0.5) is 10.1 Å². The van der Waals surface area contributed by atoms with Gasteiger partial charge in [0.05, 0.1) is 24.8 Å². The number of benzene rings is 3. The molecule has 0 bridgehead atoms. The van der Waals surface area contributed by atoms with E-state index in [0.717, 1.165) is 0 Å². The molecule has 0 saturated carbocycles. The lowest BCUT2D eigenvalue weighted by molar-refractivity contribution is -0.132. The number of rotatable bonds is 6. The third-order valence-electron chi connectivity index (χ3n) is 5.77. The van der Waals surface area contributed by atoms with E-state index in [1.54, 1.807) is 55.5 Å². The summed E-state index contributed by atoms with van der Waals surface area (Å²) in [5, 5.41) is 11.2. The number of methoxy groups -OCH3 is 1. The molecule has 4 rings (SSSR count). The summed E-state index contributed by atoms with van der Waals surface area (Å²) < 4.78 is 24.9. The molecular formula is C28H26FNO5. The van der Waals surface area contributed by atoms with E-state index >= 15 is 0 Å². The number of Topliss-reactive ketones (excluding diaryl/α,β-unsaturated/α-hetero) is 1. The third kappa shape index (κ3) is 4.62. The van der Waals surface area contributed by atoms with Crippen LogP contribution in [0.1, 0.15) is 36.6 Å². The Morgan fingerprint density at radius 2 is 1.71 bits per heavy atom. The Balaban J connectivity index is 1.91. The number of aliphatic hydroxyl groups is 1. The van der Waals surface area contributed by atoms with Crippen molar-refractivity contribution in [1.29, 1.82) is 0 Å². The minimum atomic E-state index is -0.916. The largest absolute Gasteiger partial charge is 0.507 e. The highest BCUT2D eigenvalue weighted by Crippen LogP contribution is 2.43. The molecule has 180 valence electrons. The standard InChI is InChI=1S/C28H26FNO5/c1-16(2)35-21-11-8-18(9-12-21)25-24(26(31)19-10-13-23(29)17(3)14-19)27(32)28(33)30(25)20-6-5-7-22(15-20)34-4/h5-16,25,31H,1-4H3/b26-24+. The lowest BCUT2D eigenvalue weighted by Crippen LogP contribution is -2.29. The molecule has 1 heterocycles. The fourth-order valence-corrected chi connectivity index (χ4v) is 4.12. The number of hydrogen-bond donors (Lipinski definition) is 1. The van der Waals surface area contributed by atoms with Crippen LogP contribution < -0.4 is 14.4 Å². The molecule has 0 spiro atoms. The summed E-state index contributed by atoms with van der Waals surface area (Å²) in [5.74, 6) is -1.28. The zero-order valence-corrected chi connectivity index (χ0v) is 19.9. The molecule has 3 aromatic rings. The summed E-state index contributed by atoms with van der Waals surface area (Å²) >= 11 is 0. The second kappa shape index (κ2) is 9.62. The zero-order valence-electron chi connectivity index (χ0n) is 19.9. The summed E-state index contributed by atoms with van der Waals surface area (Å²) in [6, 6.07) is 16.9. The third-order valence-corrected chi connectivity index (χ3v) is 5.77. The van der Waals surface area contributed by atoms with Crippen LogP contribution in [0.25, 0.3) is 5.76 Å². The van der Waals surface area contributed by atoms with E-state index in [9.17, 15) is 19.1 Å². The molecule has 1 amide bonds. The molecule has 1 saturated heterocycles. The molecule has 1 aliphatic heterocycles. The second-order valence-corrected chi connectivity index (χ2v) is 8.57. The van der Waals surface area contributed by atoms with Crippen LogP contribution in [-0.4, -0.2) is 30.0 Å². The van der Waals surface area contributed by atoms with Gasteiger partial charge in [-0.15, -0.1) is 0 Å². The molecule has 1 aliphatic rings. The quantitative estimate of drug-likeness (QED) is 0.287. The van der Waals surface area contributed by atoms with Gasteiger partial charge >= 0.3 is 0 Å². The lowest BCUT2D eigenvalue weighted by Gasteiger charge is -2.26. The van der Waals surface area contributed by atoms with Crippen LogP contribution >= 0.6 is 0 Å². The number of ketones is 1. The van der Waals surface area contributed by atoms with Gasteiger partial charge in [0, 0.05) is 17.3 Å². The van der Waals surface area contributed by atoms with Crippen molar-refractivity contribution in [2.24, 2.45) is 0 Å². The van der Waals surface area contributed by atoms with Crippen molar-refractivity contribution in [2.45, 2.75) is 32.9 Å². The molecule has 1 fully saturated rings. The number of hydrogen-bond acceptors (Lipinski definition) is 5. The van der Waals surface area contributed by atoms with Gasteiger partial charge in [-0.2, -0.15) is 0 Å². The van der Waals surface area contributed by atoms with Crippen molar-refractivity contribution in [3.05, 3.63) is 94.8 Å². The predicted octanol–water partition coefficient (Wildman–Crippen LogP) is 5.56. The van der Waals surface area contributed by atoms with Gasteiger partial charge in [0.1, 0.15) is 23.1 Å². The Morgan fingerprint density at radius 3 is 2.34 bits per heavy atom. The summed E-state index contributed by atoms with van der Waals surface area (Å²) in [7, 11) is 1.51. The lowest BCUT2D eigenvalue weighted by atomic mass is 9.94. The monoisotopic (exact) mass is 475 g/mol. The highest BCUT2D eigenvalue weighted by molar-refractivity contribution is 6.51. The highest BCUT2D eigenvalue weighted by atomic mass is 19.1. The molecule has 6 nitrogen and oxygen atoms in total. The van der Waals surface area contributed by atoms with E-state index < -0.39 is 23.5 Å². The van der Waals surface area contributed by atoms with Gasteiger partial charge in [0.2, 0.25) is 0 Å². The van der Waals surface area contributed by atoms with Crippen LogP contribution in [0.2, 0.25) is 0 Å². The van der Waals surface area contributed by atoms with E-state index in [0.29, 0.717) is 28.3 Å². The number of nitrogens with zero attached hydrogens (tertiary/aromatic N) is 1. The first-order valence-electron chi connectivity index (χ1n) is 11.2. The van der Waals surface area contributed by atoms with Crippen molar-refractivity contribution in [2.75, 3.05) is 12.0 Å². The number of carbonyl (C=O) groups is 2. The van der Waals surface area contributed by atoms with Crippen molar-refractivity contribution >= 4 is 23.1 Å². The maximum Gasteiger partial charge on any atom is 0.300 e. The van der Waals surface area contributed by atoms with Gasteiger partial charge in [0.25, 0.3) is 11.7 Å². The Morgan fingerprint density at radius 1 is 1.00 bits per heavy atom. The zero-order chi connectivity index (χ0) is 25.3. The summed E-state index contributed by atoms with van der Waals surface area (Å²) in [6.45, 7) is 5.39. The summed E-state index contributed by atoms with van der Waals surface area (Å²) in [5.41, 5.74) is 1.51. The molecule has 1 atom stereocenters. The molecule has 0 aromatic heterocycles. The average molecular weight is 476 g/mol. The second-order valence-electron chi connectivity index (χ2n) is 8.57. The topological polar surface area (TPSA) is 76.1 Å². The molecule has 0 aliphatic carbocycles. The maximum atomic E-state index is 13.9. The molecule has 1 unspecified atom stereocenters. The van der Waals surface area contributed by atoms with Crippen molar-refractivity contribution in [3.63, 3.8) is 0 Å². The Hall–Kier alpha value is -4.13. The minimum Gasteiger partial charge on any atom is -0.507 e. The van der Waals surface area contributed by atoms with Crippen LogP contribution in [0.5, 0.6) is 11.5 Å². The van der Waals surface area contributed by atoms with Crippen LogP contribution in [0.3, 0.4) is 0 Å². The first kappa shape index (κ1) is 24.0. The number of anilines is 1. The number of aliphatic hydroxyl groups excluding tert-OH is 1. The molecule has 35 heavy (non-hydrogen) atoms. The SMILES string of the molecule is COc1cccc(N2C(=O)C(=O)/C(=C(/O)c3ccc(F)c(C)c3)C2c2ccc(OC(C)C)cc2)c1. The van der Waals surface area contributed by atoms with Gasteiger partial charge < -0.3 is 14.6 Å². The van der Waals surface area contributed by atoms with E-state index in [1.165, 1.54) is 30.2 Å². The number of aryl methyl sites for hydroxylation is 1. The van der Waals surface area contributed by atoms with Gasteiger partial charge in [-0.05, 0) is 74.4 Å². The molecular weight excluding hydrogens is 449 g/mol. The van der Waals surface area contributed by atoms with E-state index in [4.69, 9.17) is 9.47 Å². The number of carbonyl (C=O) groups excluding carboxylic acids is 2.